The fourth-order valence-electron chi connectivity index (χ4n) is 2.86. The molecular formula is C15H18FN3O4S. The molecule has 0 unspecified atom stereocenters. The number of sulfone groups is 1. The summed E-state index contributed by atoms with van der Waals surface area (Å²) in [5.41, 5.74) is -0.354. The van der Waals surface area contributed by atoms with Crippen molar-refractivity contribution >= 4 is 26.8 Å². The first-order valence-electron chi connectivity index (χ1n) is 7.49. The molecule has 130 valence electrons. The van der Waals surface area contributed by atoms with E-state index in [2.05, 4.69) is 10.3 Å². The summed E-state index contributed by atoms with van der Waals surface area (Å²) in [7, 11) is -1.47. The Labute approximate surface area is 138 Å². The van der Waals surface area contributed by atoms with Gasteiger partial charge in [-0.2, -0.15) is 0 Å². The van der Waals surface area contributed by atoms with Gasteiger partial charge in [0.1, 0.15) is 15.4 Å². The van der Waals surface area contributed by atoms with Crippen LogP contribution in [0.2, 0.25) is 0 Å². The molecule has 2 aromatic rings. The Balaban J connectivity index is 1.90. The number of carbonyl (C=O) groups excluding carboxylic acids is 1. The highest BCUT2D eigenvalue weighted by Gasteiger charge is 2.35. The molecule has 2 N–H and O–H groups in total. The second kappa shape index (κ2) is 5.44. The van der Waals surface area contributed by atoms with Crippen LogP contribution in [0.4, 0.5) is 4.39 Å². The lowest BCUT2D eigenvalue weighted by Crippen LogP contribution is -2.51. The second-order valence-electron chi connectivity index (χ2n) is 6.43. The Bertz CT molecular complexity index is 922. The number of rotatable bonds is 2. The van der Waals surface area contributed by atoms with Crippen LogP contribution in [-0.2, 0) is 16.9 Å². The smallest absolute Gasteiger partial charge is 0.287 e. The summed E-state index contributed by atoms with van der Waals surface area (Å²) >= 11 is 0. The number of phenols is 1. The van der Waals surface area contributed by atoms with Crippen molar-refractivity contribution in [2.75, 3.05) is 11.5 Å². The molecule has 1 aliphatic heterocycles. The highest BCUT2D eigenvalue weighted by atomic mass is 32.2. The highest BCUT2D eigenvalue weighted by Crippen LogP contribution is 2.27. The molecule has 7 nitrogen and oxygen atoms in total. The molecule has 0 aliphatic carbocycles. The summed E-state index contributed by atoms with van der Waals surface area (Å²) in [6.07, 6.45) is 0.639. The van der Waals surface area contributed by atoms with Gasteiger partial charge in [-0.1, -0.05) is 0 Å². The van der Waals surface area contributed by atoms with Crippen molar-refractivity contribution in [2.24, 2.45) is 7.05 Å². The Morgan fingerprint density at radius 1 is 1.38 bits per heavy atom. The molecular weight excluding hydrogens is 337 g/mol. The van der Waals surface area contributed by atoms with Crippen LogP contribution in [0.3, 0.4) is 0 Å². The molecule has 0 radical (unpaired) electrons. The van der Waals surface area contributed by atoms with Crippen LogP contribution < -0.4 is 5.32 Å². The van der Waals surface area contributed by atoms with Gasteiger partial charge in [-0.05, 0) is 31.9 Å². The standard InChI is InChI=1S/C15H18FN3O4S/c1-15(5-7-24(22,23)8-6-15)18-14(21)13-17-12-9(19(13)2)3-4-10(20)11(12)16/h3-4,20H,5-8H2,1-2H3,(H,18,21). The average molecular weight is 355 g/mol. The fraction of sp³-hybridized carbons (Fsp3) is 0.467. The first-order valence-corrected chi connectivity index (χ1v) is 9.31. The van der Waals surface area contributed by atoms with Crippen molar-refractivity contribution in [3.8, 4) is 5.75 Å². The van der Waals surface area contributed by atoms with E-state index in [1.807, 2.05) is 0 Å². The Morgan fingerprint density at radius 3 is 2.62 bits per heavy atom. The Hall–Kier alpha value is -2.16. The van der Waals surface area contributed by atoms with E-state index >= 15 is 0 Å². The van der Waals surface area contributed by atoms with Crippen molar-refractivity contribution in [2.45, 2.75) is 25.3 Å². The second-order valence-corrected chi connectivity index (χ2v) is 8.73. The Morgan fingerprint density at radius 2 is 2.00 bits per heavy atom. The maximum atomic E-state index is 14.0. The topological polar surface area (TPSA) is 101 Å². The molecule has 2 heterocycles. The van der Waals surface area contributed by atoms with Crippen molar-refractivity contribution in [1.29, 1.82) is 0 Å². The van der Waals surface area contributed by atoms with Gasteiger partial charge in [-0.25, -0.2) is 17.8 Å². The number of nitrogens with one attached hydrogen (secondary N) is 1. The van der Waals surface area contributed by atoms with Crippen molar-refractivity contribution in [3.63, 3.8) is 0 Å². The lowest BCUT2D eigenvalue weighted by atomic mass is 9.95. The monoisotopic (exact) mass is 355 g/mol. The quantitative estimate of drug-likeness (QED) is 0.840. The molecule has 0 atom stereocenters. The van der Waals surface area contributed by atoms with Crippen molar-refractivity contribution in [3.05, 3.63) is 23.8 Å². The van der Waals surface area contributed by atoms with E-state index in [4.69, 9.17) is 0 Å². The third-order valence-electron chi connectivity index (χ3n) is 4.52. The summed E-state index contributed by atoms with van der Waals surface area (Å²) in [5.74, 6) is -1.86. The summed E-state index contributed by atoms with van der Waals surface area (Å²) in [6, 6.07) is 2.68. The predicted octanol–water partition coefficient (Wildman–Crippen LogP) is 1.12. The minimum absolute atomic E-state index is 0.00385. The lowest BCUT2D eigenvalue weighted by Gasteiger charge is -2.34. The molecule has 1 saturated heterocycles. The number of aromatic hydroxyl groups is 1. The number of carbonyl (C=O) groups is 1. The molecule has 1 amide bonds. The van der Waals surface area contributed by atoms with Crippen LogP contribution in [0.15, 0.2) is 12.1 Å². The molecule has 9 heteroatoms. The predicted molar refractivity (Wildman–Crippen MR) is 86.1 cm³/mol. The SMILES string of the molecule is Cn1c(C(=O)NC2(C)CCS(=O)(=O)CC2)nc2c(F)c(O)ccc21. The number of aryl methyl sites for hydroxylation is 1. The molecule has 3 rings (SSSR count). The molecule has 1 aromatic heterocycles. The van der Waals surface area contributed by atoms with Crippen LogP contribution >= 0.6 is 0 Å². The molecule has 1 fully saturated rings. The summed E-state index contributed by atoms with van der Waals surface area (Å²) < 4.78 is 38.5. The van der Waals surface area contributed by atoms with E-state index in [1.165, 1.54) is 16.7 Å². The zero-order valence-electron chi connectivity index (χ0n) is 13.3. The van der Waals surface area contributed by atoms with E-state index in [0.29, 0.717) is 18.4 Å². The molecule has 1 aromatic carbocycles. The maximum Gasteiger partial charge on any atom is 0.287 e. The zero-order valence-corrected chi connectivity index (χ0v) is 14.2. The van der Waals surface area contributed by atoms with E-state index in [9.17, 15) is 22.7 Å². The molecule has 0 bridgehead atoms. The average Bonchev–Trinajstić information content (AvgIpc) is 2.85. The normalized spacial score (nSPS) is 19.3. The lowest BCUT2D eigenvalue weighted by molar-refractivity contribution is 0.0886. The molecule has 0 saturated carbocycles. The van der Waals surface area contributed by atoms with Gasteiger partial charge < -0.3 is 15.0 Å². The number of hydrogen-bond donors (Lipinski definition) is 2. The number of nitrogens with zero attached hydrogens (tertiary/aromatic N) is 2. The van der Waals surface area contributed by atoms with Gasteiger partial charge in [-0.15, -0.1) is 0 Å². The van der Waals surface area contributed by atoms with Crippen molar-refractivity contribution in [1.82, 2.24) is 14.9 Å². The van der Waals surface area contributed by atoms with E-state index in [1.54, 1.807) is 14.0 Å². The fourth-order valence-corrected chi connectivity index (χ4v) is 4.59. The van der Waals surface area contributed by atoms with Crippen LogP contribution in [0.5, 0.6) is 5.75 Å². The summed E-state index contributed by atoms with van der Waals surface area (Å²) in [6.45, 7) is 1.79. The van der Waals surface area contributed by atoms with Crippen LogP contribution in [0, 0.1) is 5.82 Å². The van der Waals surface area contributed by atoms with Gasteiger partial charge in [-0.3, -0.25) is 4.79 Å². The van der Waals surface area contributed by atoms with Gasteiger partial charge in [0.2, 0.25) is 0 Å². The molecule has 24 heavy (non-hydrogen) atoms. The third kappa shape index (κ3) is 2.83. The number of halogens is 1. The number of imidazole rings is 1. The minimum atomic E-state index is -3.04. The van der Waals surface area contributed by atoms with Crippen molar-refractivity contribution < 1.29 is 22.7 Å². The third-order valence-corrected chi connectivity index (χ3v) is 6.17. The largest absolute Gasteiger partial charge is 0.505 e. The number of hydrogen-bond acceptors (Lipinski definition) is 5. The van der Waals surface area contributed by atoms with Gasteiger partial charge in [0, 0.05) is 12.6 Å². The van der Waals surface area contributed by atoms with E-state index in [-0.39, 0.29) is 22.8 Å². The zero-order chi connectivity index (χ0) is 17.7. The van der Waals surface area contributed by atoms with Gasteiger partial charge in [0.15, 0.2) is 17.4 Å². The van der Waals surface area contributed by atoms with E-state index in [0.717, 1.165) is 0 Å². The van der Waals surface area contributed by atoms with Crippen LogP contribution in [0.1, 0.15) is 30.4 Å². The van der Waals surface area contributed by atoms with Gasteiger partial charge >= 0.3 is 0 Å². The number of amides is 1. The number of benzene rings is 1. The molecule has 1 aliphatic rings. The Kier molecular flexibility index (Phi) is 3.78. The summed E-state index contributed by atoms with van der Waals surface area (Å²) in [4.78, 5) is 16.5. The number of aromatic nitrogens is 2. The van der Waals surface area contributed by atoms with Gasteiger partial charge in [0.05, 0.1) is 17.0 Å². The minimum Gasteiger partial charge on any atom is -0.505 e. The van der Waals surface area contributed by atoms with Crippen LogP contribution in [0.25, 0.3) is 11.0 Å². The summed E-state index contributed by atoms with van der Waals surface area (Å²) in [5, 5.41) is 12.2. The first kappa shape index (κ1) is 16.7. The first-order chi connectivity index (χ1) is 11.1. The van der Waals surface area contributed by atoms with E-state index < -0.39 is 32.9 Å². The maximum absolute atomic E-state index is 14.0. The molecule has 0 spiro atoms. The number of fused-ring (bicyclic) bond motifs is 1. The highest BCUT2D eigenvalue weighted by molar-refractivity contribution is 7.91. The van der Waals surface area contributed by atoms with Crippen LogP contribution in [-0.4, -0.2) is 46.0 Å². The van der Waals surface area contributed by atoms with Gasteiger partial charge in [0.25, 0.3) is 5.91 Å². The number of phenolic OH excluding ortho intramolecular Hbond substituents is 1.